The molecular formula is C53H37BN3O2. The number of furan rings is 2. The maximum absolute atomic E-state index is 6.59. The van der Waals surface area contributed by atoms with Crippen molar-refractivity contribution in [2.75, 3.05) is 24.3 Å². The quantitative estimate of drug-likeness (QED) is 0.172. The molecule has 0 unspecified atom stereocenters. The molecule has 0 aliphatic carbocycles. The maximum atomic E-state index is 6.59. The average molecular weight is 759 g/mol. The van der Waals surface area contributed by atoms with Crippen molar-refractivity contribution >= 4 is 90.0 Å². The monoisotopic (exact) mass is 758 g/mol. The topological polar surface area (TPSA) is 46.5 Å². The highest BCUT2D eigenvalue weighted by atomic mass is 16.3. The lowest BCUT2D eigenvalue weighted by Crippen LogP contribution is -2.37. The second-order valence-corrected chi connectivity index (χ2v) is 15.9. The summed E-state index contributed by atoms with van der Waals surface area (Å²) in [6.07, 6.45) is 0. The van der Waals surface area contributed by atoms with Gasteiger partial charge in [-0.25, -0.2) is 0 Å². The molecule has 11 aromatic rings. The van der Waals surface area contributed by atoms with E-state index >= 15 is 0 Å². The summed E-state index contributed by atoms with van der Waals surface area (Å²) in [5, 5.41) is 9.59. The first-order valence-corrected chi connectivity index (χ1v) is 20.1. The first-order valence-electron chi connectivity index (χ1n) is 20.1. The van der Waals surface area contributed by atoms with Crippen LogP contribution >= 0.6 is 0 Å². The minimum atomic E-state index is 0.847. The van der Waals surface area contributed by atoms with E-state index < -0.39 is 0 Å². The molecule has 1 radical (unpaired) electrons. The van der Waals surface area contributed by atoms with Gasteiger partial charge in [-0.3, -0.25) is 0 Å². The van der Waals surface area contributed by atoms with Gasteiger partial charge in [0.05, 0.1) is 11.2 Å². The van der Waals surface area contributed by atoms with Crippen LogP contribution in [0.1, 0.15) is 5.56 Å². The zero-order chi connectivity index (χ0) is 39.4. The smallest absolute Gasteiger partial charge is 0.198 e. The Kier molecular flexibility index (Phi) is 7.30. The van der Waals surface area contributed by atoms with Gasteiger partial charge in [-0.2, -0.15) is 0 Å². The molecule has 5 nitrogen and oxygen atoms in total. The summed E-state index contributed by atoms with van der Waals surface area (Å²) in [6.45, 7) is 2.27. The number of para-hydroxylation sites is 1. The molecule has 59 heavy (non-hydrogen) atoms. The zero-order valence-corrected chi connectivity index (χ0v) is 32.9. The lowest BCUT2D eigenvalue weighted by Gasteiger charge is -2.24. The van der Waals surface area contributed by atoms with E-state index in [0.717, 1.165) is 83.6 Å². The van der Waals surface area contributed by atoms with E-state index in [1.807, 2.05) is 18.2 Å². The number of nitrogens with zero attached hydrogens (tertiary/aromatic N) is 2. The summed E-state index contributed by atoms with van der Waals surface area (Å²) in [7, 11) is 6.51. The Balaban J connectivity index is 1.14. The third-order valence-corrected chi connectivity index (χ3v) is 12.1. The molecule has 0 spiro atoms. The average Bonchev–Trinajstić information content (AvgIpc) is 3.96. The molecule has 8 aromatic carbocycles. The summed E-state index contributed by atoms with van der Waals surface area (Å²) in [5.74, 6) is 0.863. The number of benzene rings is 8. The molecule has 0 saturated heterocycles. The van der Waals surface area contributed by atoms with E-state index in [2.05, 4.69) is 189 Å². The molecule has 0 amide bonds. The summed E-state index contributed by atoms with van der Waals surface area (Å²) in [4.78, 5) is 2.12. The SMILES string of the molecule is Cc1cc(-c2cc3c(cc2Nc2ccc(N(C)C)cc2)oc2ccccc23)c2c3c1c1cc(-c4ccccc4)ccc1n3-c1cc3cc(-c4ccccc4)oc3cc1[B]2. The van der Waals surface area contributed by atoms with Crippen LogP contribution in [0.2, 0.25) is 0 Å². The molecule has 0 atom stereocenters. The first-order chi connectivity index (χ1) is 28.9. The van der Waals surface area contributed by atoms with Crippen LogP contribution in [0.4, 0.5) is 17.1 Å². The standard InChI is InChI=1S/C53H37BN3O2/c1-31-24-41(39-28-40-38-16-10-11-17-47(38)58-50(40)30-44(39)55-36-19-21-37(22-20-36)56(2)3)52-53-51(31)42-25-34(32-12-6-4-7-13-32)18-23-45(42)57(53)46-26-35-27-48(33-14-8-5-9-15-33)59-49(35)29-43(46)54-52/h4-30,55H,1-3H3. The Labute approximate surface area is 342 Å². The van der Waals surface area contributed by atoms with E-state index in [4.69, 9.17) is 8.83 Å². The predicted octanol–water partition coefficient (Wildman–Crippen LogP) is 12.5. The Morgan fingerprint density at radius 1 is 0.576 bits per heavy atom. The van der Waals surface area contributed by atoms with Crippen molar-refractivity contribution in [2.24, 2.45) is 0 Å². The second kappa shape index (κ2) is 12.8. The third kappa shape index (κ3) is 5.26. The van der Waals surface area contributed by atoms with Crippen molar-refractivity contribution in [3.63, 3.8) is 0 Å². The van der Waals surface area contributed by atoms with Crippen molar-refractivity contribution in [1.82, 2.24) is 4.57 Å². The van der Waals surface area contributed by atoms with Gasteiger partial charge in [0.1, 0.15) is 22.5 Å². The molecule has 279 valence electrons. The molecule has 0 saturated carbocycles. The van der Waals surface area contributed by atoms with Gasteiger partial charge in [0.15, 0.2) is 7.28 Å². The number of hydrogen-bond acceptors (Lipinski definition) is 4. The number of fused-ring (bicyclic) bond motifs is 9. The minimum Gasteiger partial charge on any atom is -0.456 e. The number of aryl methyl sites for hydroxylation is 1. The summed E-state index contributed by atoms with van der Waals surface area (Å²) >= 11 is 0. The van der Waals surface area contributed by atoms with Crippen molar-refractivity contribution < 1.29 is 8.83 Å². The zero-order valence-electron chi connectivity index (χ0n) is 32.9. The predicted molar refractivity (Wildman–Crippen MR) is 248 cm³/mol. The highest BCUT2D eigenvalue weighted by Gasteiger charge is 2.29. The van der Waals surface area contributed by atoms with E-state index in [9.17, 15) is 0 Å². The number of anilines is 3. The summed E-state index contributed by atoms with van der Waals surface area (Å²) < 4.78 is 15.6. The van der Waals surface area contributed by atoms with Crippen LogP contribution in [-0.2, 0) is 0 Å². The Morgan fingerprint density at radius 3 is 2.14 bits per heavy atom. The molecular weight excluding hydrogens is 721 g/mol. The van der Waals surface area contributed by atoms with Gasteiger partial charge in [-0.15, -0.1) is 0 Å². The van der Waals surface area contributed by atoms with Crippen LogP contribution in [0.25, 0.3) is 94.0 Å². The van der Waals surface area contributed by atoms with Crippen LogP contribution < -0.4 is 21.1 Å². The molecule has 6 heteroatoms. The van der Waals surface area contributed by atoms with Crippen molar-refractivity contribution in [3.8, 4) is 39.3 Å². The summed E-state index contributed by atoms with van der Waals surface area (Å²) in [5.41, 5.74) is 18.5. The highest BCUT2D eigenvalue weighted by Crippen LogP contribution is 2.43. The Morgan fingerprint density at radius 2 is 1.34 bits per heavy atom. The highest BCUT2D eigenvalue weighted by molar-refractivity contribution is 6.73. The largest absolute Gasteiger partial charge is 0.456 e. The number of hydrogen-bond donors (Lipinski definition) is 1. The van der Waals surface area contributed by atoms with Gasteiger partial charge in [0, 0.05) is 80.8 Å². The van der Waals surface area contributed by atoms with Gasteiger partial charge >= 0.3 is 0 Å². The van der Waals surface area contributed by atoms with E-state index in [0.29, 0.717) is 0 Å². The number of nitrogens with one attached hydrogen (secondary N) is 1. The normalized spacial score (nSPS) is 12.1. The Bertz CT molecular complexity index is 3470. The second-order valence-electron chi connectivity index (χ2n) is 15.9. The van der Waals surface area contributed by atoms with E-state index in [1.165, 1.54) is 44.0 Å². The molecule has 1 aliphatic heterocycles. The fourth-order valence-corrected chi connectivity index (χ4v) is 9.26. The van der Waals surface area contributed by atoms with Crippen LogP contribution in [0.15, 0.2) is 173 Å². The maximum Gasteiger partial charge on any atom is 0.198 e. The van der Waals surface area contributed by atoms with Gasteiger partial charge in [0.2, 0.25) is 0 Å². The van der Waals surface area contributed by atoms with Crippen molar-refractivity contribution in [1.29, 1.82) is 0 Å². The molecule has 0 bridgehead atoms. The Hall–Kier alpha value is -7.44. The molecule has 3 aromatic heterocycles. The fraction of sp³-hybridized carbons (Fsp3) is 0.0566. The summed E-state index contributed by atoms with van der Waals surface area (Å²) in [6, 6.07) is 58.5. The molecule has 1 N–H and O–H groups in total. The van der Waals surface area contributed by atoms with E-state index in [1.54, 1.807) is 0 Å². The molecule has 1 aliphatic rings. The lowest BCUT2D eigenvalue weighted by atomic mass is 9.58. The van der Waals surface area contributed by atoms with Gasteiger partial charge in [0.25, 0.3) is 0 Å². The minimum absolute atomic E-state index is 0.847. The molecule has 12 rings (SSSR count). The number of rotatable bonds is 6. The fourth-order valence-electron chi connectivity index (χ4n) is 9.26. The molecule has 0 fully saturated rings. The van der Waals surface area contributed by atoms with Gasteiger partial charge in [-0.1, -0.05) is 96.5 Å². The van der Waals surface area contributed by atoms with Gasteiger partial charge < -0.3 is 23.6 Å². The van der Waals surface area contributed by atoms with E-state index in [-0.39, 0.29) is 0 Å². The van der Waals surface area contributed by atoms with Crippen LogP contribution in [0.5, 0.6) is 0 Å². The van der Waals surface area contributed by atoms with Crippen LogP contribution in [0, 0.1) is 6.92 Å². The van der Waals surface area contributed by atoms with Gasteiger partial charge in [-0.05, 0) is 101 Å². The number of aromatic nitrogens is 1. The van der Waals surface area contributed by atoms with Crippen LogP contribution in [0.3, 0.4) is 0 Å². The first kappa shape index (κ1) is 33.7. The van der Waals surface area contributed by atoms with Crippen molar-refractivity contribution in [3.05, 3.63) is 169 Å². The molecule has 4 heterocycles. The third-order valence-electron chi connectivity index (χ3n) is 12.1. The van der Waals surface area contributed by atoms with Crippen LogP contribution in [-0.4, -0.2) is 25.9 Å². The lowest BCUT2D eigenvalue weighted by molar-refractivity contribution is 0.632. The van der Waals surface area contributed by atoms with Crippen molar-refractivity contribution in [2.45, 2.75) is 6.92 Å².